The van der Waals surface area contributed by atoms with Crippen molar-refractivity contribution in [2.75, 3.05) is 12.3 Å². The van der Waals surface area contributed by atoms with Crippen LogP contribution in [0.5, 0.6) is 0 Å². The van der Waals surface area contributed by atoms with Crippen LogP contribution < -0.4 is 11.1 Å². The van der Waals surface area contributed by atoms with E-state index in [9.17, 15) is 4.79 Å². The van der Waals surface area contributed by atoms with Crippen LogP contribution in [0.15, 0.2) is 18.3 Å². The van der Waals surface area contributed by atoms with E-state index in [-0.39, 0.29) is 18.3 Å². The smallest absolute Gasteiger partial charge is 0.251 e. The maximum atomic E-state index is 11.9. The molecule has 2 rings (SSSR count). The summed E-state index contributed by atoms with van der Waals surface area (Å²) in [6, 6.07) is 3.47. The van der Waals surface area contributed by atoms with Gasteiger partial charge in [-0.3, -0.25) is 9.78 Å². The Morgan fingerprint density at radius 3 is 3.11 bits per heavy atom. The molecule has 0 aliphatic carbocycles. The van der Waals surface area contributed by atoms with Gasteiger partial charge in [-0.15, -0.1) is 12.4 Å². The van der Waals surface area contributed by atoms with Gasteiger partial charge >= 0.3 is 0 Å². The monoisotopic (exact) mass is 287 g/mol. The maximum absolute atomic E-state index is 11.9. The molecule has 0 radical (unpaired) electrons. The predicted octanol–water partition coefficient (Wildman–Crippen LogP) is 1.59. The van der Waals surface area contributed by atoms with Crippen molar-refractivity contribution in [2.24, 2.45) is 5.73 Å². The molecule has 1 aliphatic rings. The number of carbonyl (C=O) groups is 1. The zero-order chi connectivity index (χ0) is 12.1. The van der Waals surface area contributed by atoms with Crippen molar-refractivity contribution in [3.8, 4) is 0 Å². The maximum Gasteiger partial charge on any atom is 0.251 e. The zero-order valence-electron chi connectivity index (χ0n) is 10.1. The highest BCUT2D eigenvalue weighted by Crippen LogP contribution is 2.25. The van der Waals surface area contributed by atoms with Crippen LogP contribution in [0.2, 0.25) is 0 Å². The molecule has 18 heavy (non-hydrogen) atoms. The van der Waals surface area contributed by atoms with Crippen LogP contribution in [0, 0.1) is 0 Å². The summed E-state index contributed by atoms with van der Waals surface area (Å²) in [5.41, 5.74) is 6.88. The van der Waals surface area contributed by atoms with E-state index in [1.807, 2.05) is 11.8 Å². The van der Waals surface area contributed by atoms with Crippen LogP contribution in [0.3, 0.4) is 0 Å². The van der Waals surface area contributed by atoms with Crippen molar-refractivity contribution in [2.45, 2.75) is 24.6 Å². The molecule has 1 aliphatic heterocycles. The minimum Gasteiger partial charge on any atom is -0.351 e. The standard InChI is InChI=1S/C12H17N3OS.ClH/c13-7-10-6-9(3-4-14-10)12(16)15-8-11-2-1-5-17-11;/h3-4,6,11H,1-2,5,7-8,13H2,(H,15,16);1H. The molecule has 1 amide bonds. The average Bonchev–Trinajstić information content (AvgIpc) is 2.89. The number of nitrogens with two attached hydrogens (primary N) is 1. The van der Waals surface area contributed by atoms with Crippen LogP contribution in [0.4, 0.5) is 0 Å². The summed E-state index contributed by atoms with van der Waals surface area (Å²) >= 11 is 1.94. The fourth-order valence-electron chi connectivity index (χ4n) is 1.84. The highest BCUT2D eigenvalue weighted by Gasteiger charge is 2.16. The molecule has 6 heteroatoms. The minimum absolute atomic E-state index is 0. The first-order valence-corrected chi connectivity index (χ1v) is 6.89. The van der Waals surface area contributed by atoms with Gasteiger partial charge in [0.15, 0.2) is 0 Å². The van der Waals surface area contributed by atoms with Crippen LogP contribution in [0.25, 0.3) is 0 Å². The predicted molar refractivity (Wildman–Crippen MR) is 77.2 cm³/mol. The first-order valence-electron chi connectivity index (χ1n) is 5.84. The highest BCUT2D eigenvalue weighted by molar-refractivity contribution is 8.00. The Morgan fingerprint density at radius 1 is 1.61 bits per heavy atom. The molecule has 3 N–H and O–H groups in total. The van der Waals surface area contributed by atoms with Gasteiger partial charge in [0.1, 0.15) is 0 Å². The minimum atomic E-state index is -0.0328. The molecular formula is C12H18ClN3OS. The molecule has 0 bridgehead atoms. The van der Waals surface area contributed by atoms with Gasteiger partial charge in [0, 0.05) is 30.1 Å². The van der Waals surface area contributed by atoms with E-state index in [0.29, 0.717) is 17.4 Å². The van der Waals surface area contributed by atoms with Crippen LogP contribution in [0.1, 0.15) is 28.9 Å². The van der Waals surface area contributed by atoms with Crippen molar-refractivity contribution in [3.05, 3.63) is 29.6 Å². The molecule has 0 aromatic carbocycles. The van der Waals surface area contributed by atoms with Gasteiger partial charge in [0.05, 0.1) is 5.69 Å². The number of rotatable bonds is 4. The lowest BCUT2D eigenvalue weighted by Gasteiger charge is -2.10. The van der Waals surface area contributed by atoms with E-state index >= 15 is 0 Å². The third kappa shape index (κ3) is 4.15. The van der Waals surface area contributed by atoms with E-state index < -0.39 is 0 Å². The van der Waals surface area contributed by atoms with Crippen LogP contribution in [-0.2, 0) is 6.54 Å². The summed E-state index contributed by atoms with van der Waals surface area (Å²) in [6.45, 7) is 1.11. The largest absolute Gasteiger partial charge is 0.351 e. The quantitative estimate of drug-likeness (QED) is 0.882. The van der Waals surface area contributed by atoms with Gasteiger partial charge in [-0.25, -0.2) is 0 Å². The molecule has 1 atom stereocenters. The first-order chi connectivity index (χ1) is 8.29. The summed E-state index contributed by atoms with van der Waals surface area (Å²) in [6.07, 6.45) is 4.09. The number of pyridine rings is 1. The summed E-state index contributed by atoms with van der Waals surface area (Å²) in [4.78, 5) is 15.9. The van der Waals surface area contributed by atoms with Crippen LogP contribution in [-0.4, -0.2) is 28.4 Å². The van der Waals surface area contributed by atoms with Gasteiger partial charge < -0.3 is 11.1 Å². The molecule has 100 valence electrons. The molecule has 2 heterocycles. The highest BCUT2D eigenvalue weighted by atomic mass is 35.5. The second-order valence-corrected chi connectivity index (χ2v) is 5.49. The molecule has 1 aromatic rings. The number of hydrogen-bond acceptors (Lipinski definition) is 4. The molecular weight excluding hydrogens is 270 g/mol. The number of hydrogen-bond donors (Lipinski definition) is 2. The number of halogens is 1. The van der Waals surface area contributed by atoms with Crippen molar-refractivity contribution in [1.82, 2.24) is 10.3 Å². The molecule has 1 aromatic heterocycles. The Labute approximate surface area is 118 Å². The molecule has 0 saturated carbocycles. The molecule has 4 nitrogen and oxygen atoms in total. The van der Waals surface area contributed by atoms with E-state index in [1.165, 1.54) is 18.6 Å². The third-order valence-electron chi connectivity index (χ3n) is 2.80. The van der Waals surface area contributed by atoms with E-state index in [4.69, 9.17) is 5.73 Å². The van der Waals surface area contributed by atoms with E-state index in [1.54, 1.807) is 18.3 Å². The first kappa shape index (κ1) is 15.3. The van der Waals surface area contributed by atoms with Crippen molar-refractivity contribution in [1.29, 1.82) is 0 Å². The van der Waals surface area contributed by atoms with E-state index in [2.05, 4.69) is 10.3 Å². The fourth-order valence-corrected chi connectivity index (χ4v) is 3.05. The lowest BCUT2D eigenvalue weighted by Crippen LogP contribution is -2.29. The molecule has 1 fully saturated rings. The lowest BCUT2D eigenvalue weighted by atomic mass is 10.2. The number of aromatic nitrogens is 1. The Kier molecular flexibility index (Phi) is 6.46. The van der Waals surface area contributed by atoms with Gasteiger partial charge in [-0.1, -0.05) is 0 Å². The Morgan fingerprint density at radius 2 is 2.44 bits per heavy atom. The van der Waals surface area contributed by atoms with E-state index in [0.717, 1.165) is 12.2 Å². The second kappa shape index (κ2) is 7.61. The number of nitrogens with one attached hydrogen (secondary N) is 1. The summed E-state index contributed by atoms with van der Waals surface area (Å²) in [5, 5.41) is 3.54. The van der Waals surface area contributed by atoms with Gasteiger partial charge in [0.25, 0.3) is 5.91 Å². The Bertz CT molecular complexity index is 397. The zero-order valence-corrected chi connectivity index (χ0v) is 11.7. The topological polar surface area (TPSA) is 68.0 Å². The van der Waals surface area contributed by atoms with Crippen molar-refractivity contribution < 1.29 is 4.79 Å². The lowest BCUT2D eigenvalue weighted by molar-refractivity contribution is 0.0953. The normalized spacial score (nSPS) is 18.2. The average molecular weight is 288 g/mol. The fraction of sp³-hybridized carbons (Fsp3) is 0.500. The van der Waals surface area contributed by atoms with Gasteiger partial charge in [0.2, 0.25) is 0 Å². The van der Waals surface area contributed by atoms with Gasteiger partial charge in [-0.2, -0.15) is 11.8 Å². The molecule has 0 spiro atoms. The number of carbonyl (C=O) groups excluding carboxylic acids is 1. The number of nitrogens with zero attached hydrogens (tertiary/aromatic N) is 1. The Balaban J connectivity index is 0.00000162. The summed E-state index contributed by atoms with van der Waals surface area (Å²) in [7, 11) is 0. The number of thioether (sulfide) groups is 1. The molecule has 1 saturated heterocycles. The third-order valence-corrected chi connectivity index (χ3v) is 4.20. The van der Waals surface area contributed by atoms with Crippen molar-refractivity contribution >= 4 is 30.1 Å². The van der Waals surface area contributed by atoms with Crippen LogP contribution >= 0.6 is 24.2 Å². The Hall–Kier alpha value is -0.780. The second-order valence-electron chi connectivity index (χ2n) is 4.09. The summed E-state index contributed by atoms with van der Waals surface area (Å²) in [5.74, 6) is 1.18. The van der Waals surface area contributed by atoms with Crippen molar-refractivity contribution in [3.63, 3.8) is 0 Å². The number of amides is 1. The molecule has 1 unspecified atom stereocenters. The summed E-state index contributed by atoms with van der Waals surface area (Å²) < 4.78 is 0. The van der Waals surface area contributed by atoms with Gasteiger partial charge in [-0.05, 0) is 30.7 Å². The SMILES string of the molecule is Cl.NCc1cc(C(=O)NCC2CCCS2)ccn1.